The van der Waals surface area contributed by atoms with Gasteiger partial charge in [-0.1, -0.05) is 55.8 Å². The Hall–Kier alpha value is -1.25. The summed E-state index contributed by atoms with van der Waals surface area (Å²) in [5.41, 5.74) is 2.54. The first kappa shape index (κ1) is 13.2. The van der Waals surface area contributed by atoms with Crippen LogP contribution in [-0.2, 0) is 0 Å². The zero-order valence-electron chi connectivity index (χ0n) is 10.7. The molecule has 0 saturated carbocycles. The summed E-state index contributed by atoms with van der Waals surface area (Å²) >= 11 is 1.71. The van der Waals surface area contributed by atoms with Crippen molar-refractivity contribution in [2.45, 2.75) is 24.7 Å². The Bertz CT molecular complexity index is 450. The fraction of sp³-hybridized carbons (Fsp3) is 0.250. The van der Waals surface area contributed by atoms with E-state index in [1.54, 1.807) is 11.9 Å². The monoisotopic (exact) mass is 257 g/mol. The van der Waals surface area contributed by atoms with Gasteiger partial charge in [0.25, 0.3) is 0 Å². The van der Waals surface area contributed by atoms with Gasteiger partial charge < -0.3 is 0 Å². The third-order valence-electron chi connectivity index (χ3n) is 2.78. The molecule has 0 fully saturated rings. The summed E-state index contributed by atoms with van der Waals surface area (Å²) in [5.74, 6) is 0. The van der Waals surface area contributed by atoms with E-state index in [9.17, 15) is 0 Å². The van der Waals surface area contributed by atoms with Gasteiger partial charge in [-0.25, -0.2) is 0 Å². The van der Waals surface area contributed by atoms with E-state index in [1.807, 2.05) is 6.07 Å². The Labute approximate surface area is 114 Å². The topological polar surface area (TPSA) is 12.0 Å². The molecular weight excluding hydrogens is 238 g/mol. The quantitative estimate of drug-likeness (QED) is 0.592. The second-order valence-electron chi connectivity index (χ2n) is 4.24. The van der Waals surface area contributed by atoms with E-state index >= 15 is 0 Å². The largest absolute Gasteiger partial charge is 0.260 e. The molecule has 0 bridgehead atoms. The molecule has 0 aliphatic carbocycles. The summed E-state index contributed by atoms with van der Waals surface area (Å²) in [4.78, 5) is 1.27. The predicted octanol–water partition coefficient (Wildman–Crippen LogP) is 4.75. The van der Waals surface area contributed by atoms with Crippen LogP contribution in [0.3, 0.4) is 0 Å². The highest BCUT2D eigenvalue weighted by Crippen LogP contribution is 2.22. The van der Waals surface area contributed by atoms with Crippen LogP contribution in [0.15, 0.2) is 59.5 Å². The van der Waals surface area contributed by atoms with Crippen LogP contribution in [0.5, 0.6) is 0 Å². The van der Waals surface area contributed by atoms with Crippen molar-refractivity contribution in [2.24, 2.45) is 0 Å². The minimum Gasteiger partial charge on any atom is -0.260 e. The zero-order valence-corrected chi connectivity index (χ0v) is 11.5. The molecular formula is C16H19NS. The highest BCUT2D eigenvalue weighted by atomic mass is 32.2. The first-order valence-corrected chi connectivity index (χ1v) is 7.27. The van der Waals surface area contributed by atoms with Gasteiger partial charge in [-0.2, -0.15) is 0 Å². The molecule has 0 heterocycles. The van der Waals surface area contributed by atoms with Gasteiger partial charge >= 0.3 is 0 Å². The molecule has 1 N–H and O–H groups in total. The lowest BCUT2D eigenvalue weighted by Crippen LogP contribution is -2.04. The van der Waals surface area contributed by atoms with Gasteiger partial charge in [-0.15, -0.1) is 0 Å². The van der Waals surface area contributed by atoms with Crippen LogP contribution in [0.25, 0.3) is 11.1 Å². The summed E-state index contributed by atoms with van der Waals surface area (Å²) in [5, 5.41) is 0. The first-order chi connectivity index (χ1) is 8.90. The van der Waals surface area contributed by atoms with E-state index < -0.39 is 0 Å². The van der Waals surface area contributed by atoms with Crippen LogP contribution in [-0.4, -0.2) is 6.54 Å². The van der Waals surface area contributed by atoms with Crippen molar-refractivity contribution < 1.29 is 0 Å². The Kier molecular flexibility index (Phi) is 5.31. The van der Waals surface area contributed by atoms with Crippen molar-refractivity contribution in [2.75, 3.05) is 6.54 Å². The predicted molar refractivity (Wildman–Crippen MR) is 80.6 cm³/mol. The smallest absolute Gasteiger partial charge is 0.0228 e. The standard InChI is InChI=1S/C16H19NS/c1-2-3-13-17-18-16-11-9-15(10-12-16)14-7-5-4-6-8-14/h4-12,17H,2-3,13H2,1H3. The molecule has 0 aromatic heterocycles. The molecule has 18 heavy (non-hydrogen) atoms. The van der Waals surface area contributed by atoms with E-state index in [2.05, 4.69) is 60.2 Å². The Balaban J connectivity index is 1.94. The number of nitrogens with one attached hydrogen (secondary N) is 1. The molecule has 0 spiro atoms. The lowest BCUT2D eigenvalue weighted by molar-refractivity contribution is 0.776. The van der Waals surface area contributed by atoms with Gasteiger partial charge in [0.15, 0.2) is 0 Å². The van der Waals surface area contributed by atoms with Crippen LogP contribution >= 0.6 is 11.9 Å². The molecule has 0 atom stereocenters. The van der Waals surface area contributed by atoms with Crippen LogP contribution < -0.4 is 4.72 Å². The molecule has 2 aromatic rings. The van der Waals surface area contributed by atoms with Crippen molar-refractivity contribution in [3.8, 4) is 11.1 Å². The van der Waals surface area contributed by atoms with E-state index in [1.165, 1.54) is 28.9 Å². The van der Waals surface area contributed by atoms with Crippen molar-refractivity contribution >= 4 is 11.9 Å². The SMILES string of the molecule is CCCCNSc1ccc(-c2ccccc2)cc1. The summed E-state index contributed by atoms with van der Waals surface area (Å²) in [7, 11) is 0. The molecule has 0 aliphatic rings. The van der Waals surface area contributed by atoms with E-state index in [0.29, 0.717) is 0 Å². The molecule has 0 aliphatic heterocycles. The van der Waals surface area contributed by atoms with Gasteiger partial charge in [0, 0.05) is 11.4 Å². The minimum absolute atomic E-state index is 1.07. The molecule has 2 heteroatoms. The second kappa shape index (κ2) is 7.24. The summed E-state index contributed by atoms with van der Waals surface area (Å²) < 4.78 is 3.38. The average molecular weight is 257 g/mol. The summed E-state index contributed by atoms with van der Waals surface area (Å²) in [6, 6.07) is 19.2. The van der Waals surface area contributed by atoms with Crippen molar-refractivity contribution in [1.82, 2.24) is 4.72 Å². The van der Waals surface area contributed by atoms with Crippen molar-refractivity contribution in [1.29, 1.82) is 0 Å². The normalized spacial score (nSPS) is 10.5. The van der Waals surface area contributed by atoms with Gasteiger partial charge in [0.05, 0.1) is 0 Å². The van der Waals surface area contributed by atoms with Gasteiger partial charge in [0.1, 0.15) is 0 Å². The first-order valence-electron chi connectivity index (χ1n) is 6.45. The third kappa shape index (κ3) is 3.90. The van der Waals surface area contributed by atoms with Crippen LogP contribution in [0.2, 0.25) is 0 Å². The number of benzene rings is 2. The fourth-order valence-corrected chi connectivity index (χ4v) is 2.41. The highest BCUT2D eigenvalue weighted by Gasteiger charge is 1.97. The number of unbranched alkanes of at least 4 members (excludes halogenated alkanes) is 1. The molecule has 0 saturated heterocycles. The zero-order chi connectivity index (χ0) is 12.6. The Morgan fingerprint density at radius 3 is 2.22 bits per heavy atom. The summed E-state index contributed by atoms with van der Waals surface area (Å²) in [6.45, 7) is 3.28. The third-order valence-corrected chi connectivity index (χ3v) is 3.64. The van der Waals surface area contributed by atoms with E-state index in [4.69, 9.17) is 0 Å². The number of hydrogen-bond donors (Lipinski definition) is 1. The molecule has 0 radical (unpaired) electrons. The number of rotatable bonds is 6. The number of hydrogen-bond acceptors (Lipinski definition) is 2. The highest BCUT2D eigenvalue weighted by molar-refractivity contribution is 7.97. The Morgan fingerprint density at radius 2 is 1.56 bits per heavy atom. The maximum atomic E-state index is 3.38. The molecule has 94 valence electrons. The molecule has 1 nitrogen and oxygen atoms in total. The van der Waals surface area contributed by atoms with Gasteiger partial charge in [0.2, 0.25) is 0 Å². The lowest BCUT2D eigenvalue weighted by Gasteiger charge is -2.05. The van der Waals surface area contributed by atoms with Crippen LogP contribution in [0.4, 0.5) is 0 Å². The molecule has 2 aromatic carbocycles. The maximum absolute atomic E-state index is 3.38. The van der Waals surface area contributed by atoms with Crippen LogP contribution in [0, 0.1) is 0 Å². The molecule has 0 amide bonds. The van der Waals surface area contributed by atoms with Crippen LogP contribution in [0.1, 0.15) is 19.8 Å². The second-order valence-corrected chi connectivity index (χ2v) is 5.20. The average Bonchev–Trinajstić information content (AvgIpc) is 2.45. The molecule has 2 rings (SSSR count). The van der Waals surface area contributed by atoms with E-state index in [0.717, 1.165) is 6.54 Å². The summed E-state index contributed by atoms with van der Waals surface area (Å²) in [6.07, 6.45) is 2.47. The maximum Gasteiger partial charge on any atom is 0.0228 e. The molecule has 0 unspecified atom stereocenters. The van der Waals surface area contributed by atoms with E-state index in [-0.39, 0.29) is 0 Å². The van der Waals surface area contributed by atoms with Crippen molar-refractivity contribution in [3.05, 3.63) is 54.6 Å². The fourth-order valence-electron chi connectivity index (χ4n) is 1.73. The van der Waals surface area contributed by atoms with Gasteiger partial charge in [-0.05, 0) is 41.6 Å². The lowest BCUT2D eigenvalue weighted by atomic mass is 10.1. The van der Waals surface area contributed by atoms with Gasteiger partial charge in [-0.3, -0.25) is 4.72 Å². The van der Waals surface area contributed by atoms with Crippen molar-refractivity contribution in [3.63, 3.8) is 0 Å². The Morgan fingerprint density at radius 1 is 0.889 bits per heavy atom. The minimum atomic E-state index is 1.07.